The molecule has 2 aliphatic heterocycles. The van der Waals surface area contributed by atoms with Crippen LogP contribution in [-0.4, -0.2) is 19.9 Å². The highest BCUT2D eigenvalue weighted by Gasteiger charge is 2.54. The number of nitrogens with zero attached hydrogens (tertiary/aromatic N) is 4. The van der Waals surface area contributed by atoms with E-state index in [1.54, 1.807) is 0 Å². The molecule has 0 amide bonds. The van der Waals surface area contributed by atoms with Crippen LogP contribution in [0.3, 0.4) is 0 Å². The van der Waals surface area contributed by atoms with Crippen molar-refractivity contribution in [3.05, 3.63) is 396 Å². The predicted octanol–water partition coefficient (Wildman–Crippen LogP) is 26.3. The van der Waals surface area contributed by atoms with E-state index >= 15 is 0 Å². The number of aromatic nitrogens is 4. The normalized spacial score (nSPS) is 14.4. The molecule has 23 rings (SSSR count). The van der Waals surface area contributed by atoms with Crippen LogP contribution in [0.1, 0.15) is 44.5 Å². The first kappa shape index (κ1) is 60.9. The lowest BCUT2D eigenvalue weighted by molar-refractivity contribution is 0.436. The third-order valence-corrected chi connectivity index (χ3v) is 25.1. The molecular weight excluding hydrogens is 1350 g/mol. The maximum Gasteiger partial charge on any atom is 0.160 e. The Bertz CT molecular complexity index is 6920. The Morgan fingerprint density at radius 1 is 0.213 bits per heavy atom. The molecule has 4 aromatic heterocycles. The number of benzene rings is 15. The van der Waals surface area contributed by atoms with Gasteiger partial charge in [0.2, 0.25) is 0 Å². The van der Waals surface area contributed by atoms with Crippen molar-refractivity contribution >= 4 is 63.0 Å². The number of ether oxygens (including phenoxy) is 2. The first-order valence-corrected chi connectivity index (χ1v) is 38.3. The molecule has 15 aromatic carbocycles. The summed E-state index contributed by atoms with van der Waals surface area (Å²) in [4.78, 5) is 21.7. The van der Waals surface area contributed by atoms with Gasteiger partial charge in [0.25, 0.3) is 0 Å². The van der Waals surface area contributed by atoms with Crippen LogP contribution in [0, 0.1) is 0 Å². The first-order chi connectivity index (χ1) is 53.5. The zero-order valence-corrected chi connectivity index (χ0v) is 59.5. The van der Waals surface area contributed by atoms with Gasteiger partial charge in [-0.3, -0.25) is 0 Å². The van der Waals surface area contributed by atoms with Gasteiger partial charge in [-0.25, -0.2) is 19.9 Å². The second kappa shape index (κ2) is 23.5. The van der Waals surface area contributed by atoms with Crippen LogP contribution in [-0.2, 0) is 10.8 Å². The predicted molar refractivity (Wildman–Crippen MR) is 442 cm³/mol. The minimum absolute atomic E-state index is 0.617. The summed E-state index contributed by atoms with van der Waals surface area (Å²) in [6.45, 7) is 0. The number of hydrogen-bond donors (Lipinski definition) is 0. The minimum atomic E-state index is -0.796. The van der Waals surface area contributed by atoms with Crippen molar-refractivity contribution in [2.75, 3.05) is 0 Å². The van der Waals surface area contributed by atoms with Gasteiger partial charge in [-0.05, 0) is 146 Å². The van der Waals surface area contributed by atoms with Crippen molar-refractivity contribution in [2.45, 2.75) is 10.8 Å². The van der Waals surface area contributed by atoms with Gasteiger partial charge < -0.3 is 9.47 Å². The zero-order valence-electron chi connectivity index (χ0n) is 57.9. The lowest BCUT2D eigenvalue weighted by Crippen LogP contribution is -2.32. The molecule has 0 N–H and O–H groups in total. The lowest BCUT2D eigenvalue weighted by atomic mass is 9.65. The maximum absolute atomic E-state index is 7.50. The molecule has 0 saturated heterocycles. The van der Waals surface area contributed by atoms with E-state index in [1.165, 1.54) is 79.3 Å². The molecular formula is C100H58N4O2S2. The fourth-order valence-electron chi connectivity index (χ4n) is 18.2. The molecule has 0 saturated carbocycles. The average Bonchev–Trinajstić information content (AvgIpc) is 1.51. The number of hydrogen-bond acceptors (Lipinski definition) is 8. The summed E-state index contributed by atoms with van der Waals surface area (Å²) in [7, 11) is 0. The van der Waals surface area contributed by atoms with Crippen molar-refractivity contribution in [3.63, 3.8) is 0 Å². The molecule has 0 fully saturated rings. The van der Waals surface area contributed by atoms with Crippen molar-refractivity contribution in [3.8, 4) is 135 Å². The Hall–Kier alpha value is -13.5. The smallest absolute Gasteiger partial charge is 0.160 e. The van der Waals surface area contributed by atoms with Crippen LogP contribution in [0.4, 0.5) is 0 Å². The monoisotopic (exact) mass is 1410 g/mol. The summed E-state index contributed by atoms with van der Waals surface area (Å²) in [6.07, 6.45) is 0. The van der Waals surface area contributed by atoms with Crippen molar-refractivity contribution in [1.82, 2.24) is 19.9 Å². The second-order valence-electron chi connectivity index (χ2n) is 28.5. The van der Waals surface area contributed by atoms with Crippen LogP contribution >= 0.6 is 22.7 Å². The van der Waals surface area contributed by atoms with Crippen LogP contribution in [0.25, 0.3) is 153 Å². The first-order valence-electron chi connectivity index (χ1n) is 36.6. The molecule has 8 heteroatoms. The zero-order chi connectivity index (χ0) is 70.8. The van der Waals surface area contributed by atoms with E-state index in [1.807, 2.05) is 46.9 Å². The van der Waals surface area contributed by atoms with Gasteiger partial charge in [0, 0.05) is 102 Å². The van der Waals surface area contributed by atoms with E-state index in [0.717, 1.165) is 129 Å². The van der Waals surface area contributed by atoms with Crippen LogP contribution in [0.15, 0.2) is 352 Å². The molecule has 0 radical (unpaired) electrons. The fourth-order valence-corrected chi connectivity index (χ4v) is 20.4. The number of rotatable bonds is 8. The quantitative estimate of drug-likeness (QED) is 0.151. The van der Waals surface area contributed by atoms with E-state index < -0.39 is 10.8 Å². The Kier molecular flexibility index (Phi) is 13.2. The lowest BCUT2D eigenvalue weighted by Gasteiger charge is -2.40. The topological polar surface area (TPSA) is 70.0 Å². The molecule has 502 valence electrons. The molecule has 2 spiro atoms. The third-order valence-electron chi connectivity index (χ3n) is 22.8. The van der Waals surface area contributed by atoms with Gasteiger partial charge in [-0.15, -0.1) is 22.7 Å². The summed E-state index contributed by atoms with van der Waals surface area (Å²) in [5.74, 6) is 4.63. The molecule has 0 bridgehead atoms. The van der Waals surface area contributed by atoms with E-state index in [-0.39, 0.29) is 0 Å². The maximum atomic E-state index is 7.50. The second-order valence-corrected chi connectivity index (χ2v) is 30.7. The van der Waals surface area contributed by atoms with Crippen molar-refractivity contribution < 1.29 is 9.47 Å². The van der Waals surface area contributed by atoms with E-state index in [4.69, 9.17) is 29.4 Å². The Morgan fingerprint density at radius 3 is 1.29 bits per heavy atom. The van der Waals surface area contributed by atoms with E-state index in [9.17, 15) is 0 Å². The summed E-state index contributed by atoms with van der Waals surface area (Å²) in [6, 6.07) is 127. The Labute approximate surface area is 630 Å². The minimum Gasteiger partial charge on any atom is -0.457 e. The molecule has 1 atom stereocenters. The fraction of sp³-hybridized carbons (Fsp3) is 0.0200. The van der Waals surface area contributed by atoms with Gasteiger partial charge in [0.1, 0.15) is 23.0 Å². The number of para-hydroxylation sites is 4. The highest BCUT2D eigenvalue weighted by molar-refractivity contribution is 7.26. The molecule has 19 aromatic rings. The SMILES string of the molecule is c1ccc(-c2cc(-c3cccc(-c4ccc5c(c4)-c4cc6sc7ccccc7c6cc4C54c5ccccc5Oc5c(-c6cccc(-c7nc(-c8ccccc8)cc(-c8cccc9c8-c8cc%10sc%11ccccc%11c%10cc8C98c9ccccc9Oc9ccccc98)n7)c6)cccc54)c3)nc(-c3ccccc3)n2)cc1. The van der Waals surface area contributed by atoms with Crippen molar-refractivity contribution in [2.24, 2.45) is 0 Å². The van der Waals surface area contributed by atoms with Crippen LogP contribution < -0.4 is 9.47 Å². The summed E-state index contributed by atoms with van der Waals surface area (Å²) in [5, 5.41) is 5.00. The highest BCUT2D eigenvalue weighted by Crippen LogP contribution is 2.67. The highest BCUT2D eigenvalue weighted by atomic mass is 32.1. The molecule has 2 aliphatic carbocycles. The summed E-state index contributed by atoms with van der Waals surface area (Å²) < 4.78 is 19.4. The van der Waals surface area contributed by atoms with Gasteiger partial charge in [0.15, 0.2) is 11.6 Å². The van der Waals surface area contributed by atoms with Gasteiger partial charge in [-0.1, -0.05) is 267 Å². The molecule has 108 heavy (non-hydrogen) atoms. The van der Waals surface area contributed by atoms with Crippen LogP contribution in [0.2, 0.25) is 0 Å². The molecule has 6 heterocycles. The van der Waals surface area contributed by atoms with Crippen LogP contribution in [0.5, 0.6) is 23.0 Å². The van der Waals surface area contributed by atoms with E-state index in [0.29, 0.717) is 11.6 Å². The van der Waals surface area contributed by atoms with Gasteiger partial charge in [0.05, 0.1) is 33.6 Å². The van der Waals surface area contributed by atoms with Gasteiger partial charge >= 0.3 is 0 Å². The average molecular weight is 1410 g/mol. The number of fused-ring (bicyclic) bond motifs is 24. The van der Waals surface area contributed by atoms with Crippen molar-refractivity contribution in [1.29, 1.82) is 0 Å². The summed E-state index contributed by atoms with van der Waals surface area (Å²) >= 11 is 3.71. The Balaban J connectivity index is 0.697. The van der Waals surface area contributed by atoms with E-state index in [2.05, 4.69) is 328 Å². The van der Waals surface area contributed by atoms with Gasteiger partial charge in [-0.2, -0.15) is 0 Å². The summed E-state index contributed by atoms with van der Waals surface area (Å²) in [5.41, 5.74) is 25.9. The standard InChI is InChI=1S/C100H58N4O2S2/c1-4-24-59(25-5-1)84-57-86(103-97(101-84)61-28-8-3-9-29-61)65-32-20-30-62(50-65)63-48-49-76-71(52-63)72-55-93-73(68-34-10-18-46-91(68)107-93)53-82(72)99(76)79-40-14-17-45-90(79)106-96-67(36-22-42-81(96)99)64-31-21-33-66(51-64)98-102-85(60-26-6-2-7-27-60)58-87(104-98)70-37-23-41-80-95(70)75-56-94-74(69-35-11-19-47-92(69)108-94)54-83(75)100(80)77-38-12-15-43-88(77)105-89-44-16-13-39-78(89)100/h1-58H. The molecule has 4 aliphatic rings. The Morgan fingerprint density at radius 2 is 0.639 bits per heavy atom. The number of thiophene rings is 2. The third kappa shape index (κ3) is 8.93. The largest absolute Gasteiger partial charge is 0.457 e. The molecule has 6 nitrogen and oxygen atoms in total. The molecule has 1 unspecified atom stereocenters.